The van der Waals surface area contributed by atoms with E-state index in [1.165, 1.54) is 0 Å². The molecule has 5 nitrogen and oxygen atoms in total. The van der Waals surface area contributed by atoms with Crippen LogP contribution in [0.1, 0.15) is 48.5 Å². The fraction of sp³-hybridized carbons (Fsp3) is 0.474. The molecule has 1 amide bonds. The molecule has 3 rings (SSSR count). The van der Waals surface area contributed by atoms with Gasteiger partial charge in [0, 0.05) is 19.3 Å². The fourth-order valence-corrected chi connectivity index (χ4v) is 3.38. The van der Waals surface area contributed by atoms with Crippen LogP contribution < -0.4 is 0 Å². The van der Waals surface area contributed by atoms with Crippen molar-refractivity contribution in [3.8, 4) is 0 Å². The van der Waals surface area contributed by atoms with Crippen molar-refractivity contribution >= 4 is 5.91 Å². The number of rotatable bonds is 6. The maximum atomic E-state index is 13.0. The van der Waals surface area contributed by atoms with Gasteiger partial charge in [-0.05, 0) is 25.3 Å². The third kappa shape index (κ3) is 3.85. The smallest absolute Gasteiger partial charge is 0.257 e. The summed E-state index contributed by atoms with van der Waals surface area (Å²) in [5.41, 5.74) is 0.885. The van der Waals surface area contributed by atoms with E-state index in [4.69, 9.17) is 0 Å². The topological polar surface area (TPSA) is 58.4 Å². The first-order valence-electron chi connectivity index (χ1n) is 8.68. The van der Waals surface area contributed by atoms with Crippen LogP contribution in [-0.2, 0) is 13.1 Å². The fourth-order valence-electron chi connectivity index (χ4n) is 3.38. The molecule has 1 heterocycles. The molecule has 0 atom stereocenters. The number of nitrogens with zero attached hydrogens (tertiary/aromatic N) is 3. The summed E-state index contributed by atoms with van der Waals surface area (Å²) in [6, 6.07) is 9.92. The highest BCUT2D eigenvalue weighted by Gasteiger charge is 2.35. The van der Waals surface area contributed by atoms with Crippen LogP contribution in [0.15, 0.2) is 42.7 Å². The van der Waals surface area contributed by atoms with Gasteiger partial charge in [0.15, 0.2) is 0 Å². The first kappa shape index (κ1) is 16.7. The molecule has 128 valence electrons. The number of hydrogen-bond acceptors (Lipinski definition) is 3. The third-order valence-electron chi connectivity index (χ3n) is 4.73. The van der Waals surface area contributed by atoms with E-state index in [2.05, 4.69) is 5.10 Å². The van der Waals surface area contributed by atoms with Gasteiger partial charge in [-0.15, -0.1) is 0 Å². The Bertz CT molecular complexity index is 675. The largest absolute Gasteiger partial charge is 0.388 e. The number of aliphatic hydroxyl groups is 1. The molecule has 1 fully saturated rings. The van der Waals surface area contributed by atoms with Crippen LogP contribution in [0.2, 0.25) is 0 Å². The Labute approximate surface area is 142 Å². The predicted molar refractivity (Wildman–Crippen MR) is 92.5 cm³/mol. The van der Waals surface area contributed by atoms with E-state index in [-0.39, 0.29) is 5.91 Å². The first-order valence-corrected chi connectivity index (χ1v) is 8.68. The number of aryl methyl sites for hydroxylation is 1. The number of hydrogen-bond donors (Lipinski definition) is 1. The molecule has 0 saturated heterocycles. The van der Waals surface area contributed by atoms with Crippen molar-refractivity contribution in [2.24, 2.45) is 0 Å². The minimum absolute atomic E-state index is 0.0705. The van der Waals surface area contributed by atoms with E-state index < -0.39 is 5.60 Å². The highest BCUT2D eigenvalue weighted by molar-refractivity contribution is 5.93. The van der Waals surface area contributed by atoms with E-state index in [9.17, 15) is 9.90 Å². The van der Waals surface area contributed by atoms with Crippen molar-refractivity contribution in [2.45, 2.75) is 51.3 Å². The second-order valence-electron chi connectivity index (χ2n) is 6.66. The summed E-state index contributed by atoms with van der Waals surface area (Å²) in [4.78, 5) is 14.7. The van der Waals surface area contributed by atoms with Crippen LogP contribution in [0.4, 0.5) is 0 Å². The molecule has 1 aliphatic rings. The maximum absolute atomic E-state index is 13.0. The molecule has 24 heavy (non-hydrogen) atoms. The number of carbonyl (C=O) groups excluding carboxylic acids is 1. The Balaban J connectivity index is 1.81. The zero-order valence-electron chi connectivity index (χ0n) is 14.2. The number of aromatic nitrogens is 2. The quantitative estimate of drug-likeness (QED) is 0.887. The van der Waals surface area contributed by atoms with Crippen molar-refractivity contribution < 1.29 is 9.90 Å². The molecule has 1 aromatic heterocycles. The highest BCUT2D eigenvalue weighted by Crippen LogP contribution is 2.31. The van der Waals surface area contributed by atoms with Gasteiger partial charge in [0.1, 0.15) is 0 Å². The Hall–Kier alpha value is -2.14. The summed E-state index contributed by atoms with van der Waals surface area (Å²) in [7, 11) is 0. The van der Waals surface area contributed by atoms with Gasteiger partial charge < -0.3 is 10.0 Å². The molecule has 0 unspecified atom stereocenters. The van der Waals surface area contributed by atoms with E-state index in [0.717, 1.165) is 37.8 Å². The van der Waals surface area contributed by atoms with Crippen molar-refractivity contribution in [3.63, 3.8) is 0 Å². The average molecular weight is 327 g/mol. The lowest BCUT2D eigenvalue weighted by Crippen LogP contribution is -2.43. The van der Waals surface area contributed by atoms with Crippen LogP contribution in [0, 0.1) is 0 Å². The summed E-state index contributed by atoms with van der Waals surface area (Å²) in [6.07, 6.45) is 6.97. The summed E-state index contributed by atoms with van der Waals surface area (Å²) in [6.45, 7) is 3.59. The van der Waals surface area contributed by atoms with Crippen LogP contribution in [0.3, 0.4) is 0 Å². The van der Waals surface area contributed by atoms with Crippen molar-refractivity contribution in [1.82, 2.24) is 14.7 Å². The Morgan fingerprint density at radius 1 is 1.29 bits per heavy atom. The molecule has 0 spiro atoms. The third-order valence-corrected chi connectivity index (χ3v) is 4.73. The standard InChI is InChI=1S/C19H25N3O2/c1-2-22-14-17(12-20-22)18(23)21(13-16-8-4-3-5-9-16)15-19(24)10-6-7-11-19/h3-5,8-9,12,14,24H,2,6-7,10-11,13,15H2,1H3. The van der Waals surface area contributed by atoms with Gasteiger partial charge in [-0.2, -0.15) is 5.10 Å². The number of carbonyl (C=O) groups is 1. The molecule has 1 N–H and O–H groups in total. The molecule has 1 aliphatic carbocycles. The number of amides is 1. The first-order chi connectivity index (χ1) is 11.6. The van der Waals surface area contributed by atoms with E-state index >= 15 is 0 Å². The van der Waals surface area contributed by atoms with Crippen molar-refractivity contribution in [3.05, 3.63) is 53.9 Å². The van der Waals surface area contributed by atoms with E-state index in [0.29, 0.717) is 18.7 Å². The summed E-state index contributed by atoms with van der Waals surface area (Å²) >= 11 is 0. The zero-order valence-corrected chi connectivity index (χ0v) is 14.2. The molecule has 1 aromatic carbocycles. The highest BCUT2D eigenvalue weighted by atomic mass is 16.3. The maximum Gasteiger partial charge on any atom is 0.257 e. The predicted octanol–water partition coefficient (Wildman–Crippen LogP) is 2.85. The van der Waals surface area contributed by atoms with Crippen LogP contribution in [-0.4, -0.2) is 37.8 Å². The minimum atomic E-state index is -0.759. The van der Waals surface area contributed by atoms with Gasteiger partial charge in [0.2, 0.25) is 0 Å². The van der Waals surface area contributed by atoms with Crippen LogP contribution >= 0.6 is 0 Å². The van der Waals surface area contributed by atoms with E-state index in [1.54, 1.807) is 22.0 Å². The van der Waals surface area contributed by atoms with Crippen molar-refractivity contribution in [1.29, 1.82) is 0 Å². The van der Waals surface area contributed by atoms with Crippen LogP contribution in [0.25, 0.3) is 0 Å². The summed E-state index contributed by atoms with van der Waals surface area (Å²) < 4.78 is 1.75. The normalized spacial score (nSPS) is 16.2. The lowest BCUT2D eigenvalue weighted by atomic mass is 10.0. The molecular formula is C19H25N3O2. The summed E-state index contributed by atoms with van der Waals surface area (Å²) in [5, 5.41) is 15.0. The molecule has 1 saturated carbocycles. The average Bonchev–Trinajstić information content (AvgIpc) is 3.24. The molecule has 0 bridgehead atoms. The Kier molecular flexibility index (Phi) is 5.00. The second kappa shape index (κ2) is 7.18. The van der Waals surface area contributed by atoms with Gasteiger partial charge in [0.25, 0.3) is 5.91 Å². The second-order valence-corrected chi connectivity index (χ2v) is 6.66. The van der Waals surface area contributed by atoms with Crippen LogP contribution in [0.5, 0.6) is 0 Å². The Morgan fingerprint density at radius 2 is 2.00 bits per heavy atom. The lowest BCUT2D eigenvalue weighted by Gasteiger charge is -2.31. The van der Waals surface area contributed by atoms with Crippen molar-refractivity contribution in [2.75, 3.05) is 6.54 Å². The minimum Gasteiger partial charge on any atom is -0.388 e. The monoisotopic (exact) mass is 327 g/mol. The molecule has 5 heteroatoms. The zero-order chi connectivity index (χ0) is 17.0. The Morgan fingerprint density at radius 3 is 2.62 bits per heavy atom. The number of benzene rings is 1. The molecular weight excluding hydrogens is 302 g/mol. The lowest BCUT2D eigenvalue weighted by molar-refractivity contribution is 0.00785. The molecule has 2 aromatic rings. The van der Waals surface area contributed by atoms with Gasteiger partial charge in [0.05, 0.1) is 23.9 Å². The van der Waals surface area contributed by atoms with Gasteiger partial charge in [-0.3, -0.25) is 9.48 Å². The molecule has 0 aliphatic heterocycles. The van der Waals surface area contributed by atoms with Gasteiger partial charge >= 0.3 is 0 Å². The summed E-state index contributed by atoms with van der Waals surface area (Å²) in [5.74, 6) is -0.0705. The van der Waals surface area contributed by atoms with Gasteiger partial charge in [-0.25, -0.2) is 0 Å². The molecule has 0 radical (unpaired) electrons. The SMILES string of the molecule is CCn1cc(C(=O)N(Cc2ccccc2)CC2(O)CCCC2)cn1. The van der Waals surface area contributed by atoms with E-state index in [1.807, 2.05) is 37.3 Å². The van der Waals surface area contributed by atoms with Gasteiger partial charge in [-0.1, -0.05) is 43.2 Å².